The molecule has 0 saturated heterocycles. The van der Waals surface area contributed by atoms with Crippen LogP contribution in [-0.2, 0) is 12.8 Å². The van der Waals surface area contributed by atoms with Crippen molar-refractivity contribution in [2.24, 2.45) is 5.92 Å². The van der Waals surface area contributed by atoms with E-state index >= 15 is 0 Å². The van der Waals surface area contributed by atoms with E-state index in [1.165, 1.54) is 6.07 Å². The molecule has 1 aromatic rings. The molecule has 1 unspecified atom stereocenters. The van der Waals surface area contributed by atoms with Gasteiger partial charge in [-0.1, -0.05) is 25.8 Å². The molecule has 1 aliphatic carbocycles. The van der Waals surface area contributed by atoms with Gasteiger partial charge in [-0.2, -0.15) is 0 Å². The minimum absolute atomic E-state index is 0.343. The molecule has 0 heterocycles. The normalized spacial score (nSPS) is 18.3. The molecule has 0 radical (unpaired) electrons. The van der Waals surface area contributed by atoms with Gasteiger partial charge in [-0.3, -0.25) is 0 Å². The van der Waals surface area contributed by atoms with E-state index < -0.39 is 18.8 Å². The van der Waals surface area contributed by atoms with Gasteiger partial charge in [-0.25, -0.2) is 8.78 Å². The van der Waals surface area contributed by atoms with Gasteiger partial charge in [0.1, 0.15) is 0 Å². The molecule has 0 fully saturated rings. The van der Waals surface area contributed by atoms with E-state index in [2.05, 4.69) is 6.92 Å². The first-order chi connectivity index (χ1) is 8.04. The summed E-state index contributed by atoms with van der Waals surface area (Å²) in [5.41, 5.74) is 0.759. The average Bonchev–Trinajstić information content (AvgIpc) is 2.66. The molecular formula is C12H15BF2O2. The van der Waals surface area contributed by atoms with E-state index in [0.717, 1.165) is 12.8 Å². The summed E-state index contributed by atoms with van der Waals surface area (Å²) in [6.07, 6.45) is 3.23. The molecular weight excluding hydrogens is 225 g/mol. The summed E-state index contributed by atoms with van der Waals surface area (Å²) in [6.45, 7) is 2.06. The van der Waals surface area contributed by atoms with Crippen LogP contribution in [0.3, 0.4) is 0 Å². The first-order valence-corrected chi connectivity index (χ1v) is 5.90. The molecule has 0 amide bonds. The molecule has 0 aliphatic heterocycles. The molecule has 1 aromatic carbocycles. The largest absolute Gasteiger partial charge is 0.491 e. The Morgan fingerprint density at radius 3 is 2.59 bits per heavy atom. The van der Waals surface area contributed by atoms with Crippen LogP contribution >= 0.6 is 0 Å². The molecule has 5 heteroatoms. The molecule has 2 rings (SSSR count). The first-order valence-electron chi connectivity index (χ1n) is 5.90. The fourth-order valence-electron chi connectivity index (χ4n) is 2.61. The lowest BCUT2D eigenvalue weighted by Crippen LogP contribution is -2.34. The lowest BCUT2D eigenvalue weighted by Gasteiger charge is -2.07. The first kappa shape index (κ1) is 12.5. The van der Waals surface area contributed by atoms with Gasteiger partial charge in [0.2, 0.25) is 0 Å². The van der Waals surface area contributed by atoms with Crippen LogP contribution in [0.5, 0.6) is 0 Å². The summed E-state index contributed by atoms with van der Waals surface area (Å²) in [6, 6.07) is 1.38. The molecule has 1 atom stereocenters. The van der Waals surface area contributed by atoms with E-state index in [9.17, 15) is 8.78 Å². The predicted octanol–water partition coefficient (Wildman–Crippen LogP) is 1.16. The molecule has 0 spiro atoms. The summed E-state index contributed by atoms with van der Waals surface area (Å²) < 4.78 is 27.3. The molecule has 0 saturated carbocycles. The Morgan fingerprint density at radius 2 is 2.00 bits per heavy atom. The number of benzene rings is 1. The van der Waals surface area contributed by atoms with Gasteiger partial charge in [0.15, 0.2) is 11.6 Å². The maximum absolute atomic E-state index is 13.7. The third-order valence-electron chi connectivity index (χ3n) is 3.40. The van der Waals surface area contributed by atoms with Gasteiger partial charge in [-0.05, 0) is 29.9 Å². The number of rotatable bonds is 3. The van der Waals surface area contributed by atoms with E-state index in [0.29, 0.717) is 29.9 Å². The van der Waals surface area contributed by atoms with Crippen LogP contribution in [0.25, 0.3) is 0 Å². The number of hydrogen-bond donors (Lipinski definition) is 2. The highest BCUT2D eigenvalue weighted by Gasteiger charge is 2.30. The SMILES string of the molecule is CCCC1Cc2cc(B(O)O)c(F)c(F)c2C1. The van der Waals surface area contributed by atoms with Gasteiger partial charge in [0, 0.05) is 5.46 Å². The highest BCUT2D eigenvalue weighted by atomic mass is 19.2. The lowest BCUT2D eigenvalue weighted by atomic mass is 9.78. The third kappa shape index (κ3) is 2.22. The van der Waals surface area contributed by atoms with Crippen molar-refractivity contribution in [3.05, 3.63) is 28.8 Å². The fraction of sp³-hybridized carbons (Fsp3) is 0.500. The number of hydrogen-bond acceptors (Lipinski definition) is 2. The Hall–Kier alpha value is -0.935. The van der Waals surface area contributed by atoms with Gasteiger partial charge in [-0.15, -0.1) is 0 Å². The quantitative estimate of drug-likeness (QED) is 0.778. The highest BCUT2D eigenvalue weighted by molar-refractivity contribution is 6.58. The molecule has 2 N–H and O–H groups in total. The summed E-state index contributed by atoms with van der Waals surface area (Å²) in [4.78, 5) is 0. The number of fused-ring (bicyclic) bond motifs is 1. The van der Waals surface area contributed by atoms with Crippen molar-refractivity contribution in [2.75, 3.05) is 0 Å². The minimum Gasteiger partial charge on any atom is -0.423 e. The monoisotopic (exact) mass is 240 g/mol. The van der Waals surface area contributed by atoms with Crippen LogP contribution in [0, 0.1) is 17.6 Å². The zero-order valence-electron chi connectivity index (χ0n) is 9.71. The van der Waals surface area contributed by atoms with Crippen molar-refractivity contribution in [2.45, 2.75) is 32.6 Å². The molecule has 2 nitrogen and oxygen atoms in total. The van der Waals surface area contributed by atoms with Crippen molar-refractivity contribution in [3.63, 3.8) is 0 Å². The van der Waals surface area contributed by atoms with Crippen molar-refractivity contribution in [3.8, 4) is 0 Å². The second-order valence-corrected chi connectivity index (χ2v) is 4.67. The van der Waals surface area contributed by atoms with Gasteiger partial charge in [0.05, 0.1) is 0 Å². The van der Waals surface area contributed by atoms with E-state index in [4.69, 9.17) is 10.0 Å². The third-order valence-corrected chi connectivity index (χ3v) is 3.40. The molecule has 92 valence electrons. The van der Waals surface area contributed by atoms with Crippen LogP contribution in [0.4, 0.5) is 8.78 Å². The lowest BCUT2D eigenvalue weighted by molar-refractivity contribution is 0.419. The standard InChI is InChI=1S/C12H15BF2O2/c1-2-3-7-4-8-6-10(13(16)17)12(15)11(14)9(8)5-7/h6-7,16-17H,2-5H2,1H3. The zero-order valence-corrected chi connectivity index (χ0v) is 9.71. The maximum Gasteiger partial charge on any atom is 0.491 e. The van der Waals surface area contributed by atoms with Gasteiger partial charge >= 0.3 is 7.12 Å². The Morgan fingerprint density at radius 1 is 1.29 bits per heavy atom. The van der Waals surface area contributed by atoms with Crippen molar-refractivity contribution in [1.82, 2.24) is 0 Å². The van der Waals surface area contributed by atoms with Crippen molar-refractivity contribution < 1.29 is 18.8 Å². The minimum atomic E-state index is -1.96. The van der Waals surface area contributed by atoms with E-state index in [1.54, 1.807) is 0 Å². The van der Waals surface area contributed by atoms with E-state index in [1.807, 2.05) is 0 Å². The summed E-state index contributed by atoms with van der Waals surface area (Å²) >= 11 is 0. The van der Waals surface area contributed by atoms with Crippen LogP contribution in [-0.4, -0.2) is 17.2 Å². The van der Waals surface area contributed by atoms with Crippen LogP contribution in [0.2, 0.25) is 0 Å². The maximum atomic E-state index is 13.7. The zero-order chi connectivity index (χ0) is 12.6. The average molecular weight is 240 g/mol. The van der Waals surface area contributed by atoms with Crippen LogP contribution in [0.1, 0.15) is 30.9 Å². The smallest absolute Gasteiger partial charge is 0.423 e. The van der Waals surface area contributed by atoms with Gasteiger partial charge < -0.3 is 10.0 Å². The Kier molecular flexibility index (Phi) is 3.49. The fourth-order valence-corrected chi connectivity index (χ4v) is 2.61. The summed E-state index contributed by atoms with van der Waals surface area (Å²) in [5, 5.41) is 18.0. The molecule has 0 bridgehead atoms. The summed E-state index contributed by atoms with van der Waals surface area (Å²) in [7, 11) is -1.96. The van der Waals surface area contributed by atoms with E-state index in [-0.39, 0.29) is 5.46 Å². The van der Waals surface area contributed by atoms with Gasteiger partial charge in [0.25, 0.3) is 0 Å². The highest BCUT2D eigenvalue weighted by Crippen LogP contribution is 2.31. The second-order valence-electron chi connectivity index (χ2n) is 4.67. The van der Waals surface area contributed by atoms with Crippen molar-refractivity contribution in [1.29, 1.82) is 0 Å². The molecule has 1 aliphatic rings. The predicted molar refractivity (Wildman–Crippen MR) is 62.0 cm³/mol. The van der Waals surface area contributed by atoms with Crippen LogP contribution < -0.4 is 5.46 Å². The molecule has 17 heavy (non-hydrogen) atoms. The number of halogens is 2. The Labute approximate surface area is 99.4 Å². The topological polar surface area (TPSA) is 40.5 Å². The molecule has 0 aromatic heterocycles. The second kappa shape index (κ2) is 4.74. The summed E-state index contributed by atoms with van der Waals surface area (Å²) in [5.74, 6) is -1.70. The van der Waals surface area contributed by atoms with Crippen molar-refractivity contribution >= 4 is 12.6 Å². The van der Waals surface area contributed by atoms with Crippen LogP contribution in [0.15, 0.2) is 6.07 Å². The Bertz CT molecular complexity index is 435. The Balaban J connectivity index is 2.38.